The van der Waals surface area contributed by atoms with E-state index in [4.69, 9.17) is 11.6 Å². The molecule has 0 saturated carbocycles. The van der Waals surface area contributed by atoms with Crippen LogP contribution < -0.4 is 5.32 Å². The fraction of sp³-hybridized carbons (Fsp3) is 0.208. The van der Waals surface area contributed by atoms with E-state index in [9.17, 15) is 22.4 Å². The molecule has 0 saturated heterocycles. The summed E-state index contributed by atoms with van der Waals surface area (Å²) < 4.78 is 57.4. The van der Waals surface area contributed by atoms with Gasteiger partial charge in [0.1, 0.15) is 5.82 Å². The monoisotopic (exact) mass is 505 g/mol. The van der Waals surface area contributed by atoms with E-state index in [-0.39, 0.29) is 23.7 Å². The molecule has 0 bridgehead atoms. The average molecular weight is 506 g/mol. The molecule has 2 aromatic carbocycles. The molecule has 182 valence electrons. The largest absolute Gasteiger partial charge is 0.435 e. The molecule has 0 atom stereocenters. The number of benzene rings is 2. The Morgan fingerprint density at radius 3 is 2.29 bits per heavy atom. The van der Waals surface area contributed by atoms with Gasteiger partial charge in [-0.3, -0.25) is 14.2 Å². The van der Waals surface area contributed by atoms with Crippen LogP contribution in [0.5, 0.6) is 0 Å². The van der Waals surface area contributed by atoms with Crippen LogP contribution in [0, 0.1) is 12.7 Å². The lowest BCUT2D eigenvalue weighted by atomic mass is 10.1. The van der Waals surface area contributed by atoms with Crippen LogP contribution in [0.2, 0.25) is 5.02 Å². The highest BCUT2D eigenvalue weighted by Crippen LogP contribution is 2.31. The smallest absolute Gasteiger partial charge is 0.348 e. The zero-order chi connectivity index (χ0) is 25.2. The zero-order valence-electron chi connectivity index (χ0n) is 18.5. The number of hydrogen-bond acceptors (Lipinski definition) is 3. The summed E-state index contributed by atoms with van der Waals surface area (Å²) in [6.45, 7) is 2.20. The number of aromatic nitrogens is 4. The van der Waals surface area contributed by atoms with Gasteiger partial charge in [-0.05, 0) is 41.8 Å². The fourth-order valence-corrected chi connectivity index (χ4v) is 3.70. The highest BCUT2D eigenvalue weighted by atomic mass is 35.5. The Bertz CT molecular complexity index is 1340. The van der Waals surface area contributed by atoms with E-state index in [1.54, 1.807) is 23.0 Å². The Morgan fingerprint density at radius 1 is 1.03 bits per heavy atom. The highest BCUT2D eigenvalue weighted by Gasteiger charge is 2.39. The molecule has 0 spiro atoms. The molecule has 11 heteroatoms. The van der Waals surface area contributed by atoms with Gasteiger partial charge in [0.05, 0.1) is 24.8 Å². The molecule has 0 aliphatic carbocycles. The van der Waals surface area contributed by atoms with Crippen molar-refractivity contribution >= 4 is 17.5 Å². The number of rotatable bonds is 7. The molecular weight excluding hydrogens is 486 g/mol. The lowest BCUT2D eigenvalue weighted by Crippen LogP contribution is -2.25. The predicted octanol–water partition coefficient (Wildman–Crippen LogP) is 5.23. The van der Waals surface area contributed by atoms with Crippen molar-refractivity contribution in [2.45, 2.75) is 32.7 Å². The molecular formula is C24H20ClF4N5O. The first-order valence-electron chi connectivity index (χ1n) is 10.5. The molecule has 4 rings (SSSR count). The maximum absolute atomic E-state index is 13.9. The van der Waals surface area contributed by atoms with Gasteiger partial charge in [0, 0.05) is 29.5 Å². The molecule has 4 aromatic rings. The highest BCUT2D eigenvalue weighted by molar-refractivity contribution is 6.30. The van der Waals surface area contributed by atoms with Crippen LogP contribution in [-0.4, -0.2) is 25.5 Å². The predicted molar refractivity (Wildman–Crippen MR) is 121 cm³/mol. The fourth-order valence-electron chi connectivity index (χ4n) is 3.51. The maximum atomic E-state index is 13.9. The number of carbonyl (C=O) groups is 1. The molecule has 1 N–H and O–H groups in total. The standard InChI is InChI=1S/C24H20ClF4N5O/c1-15-9-31-33(11-15)12-16-2-4-17(5-3-16)13-34-14-20(22(32-34)24(27,28)29)23(35)30-10-18-8-19(25)6-7-21(18)26/h2-9,11,14H,10,12-13H2,1H3,(H,30,35). The molecule has 0 aliphatic rings. The summed E-state index contributed by atoms with van der Waals surface area (Å²) >= 11 is 5.82. The minimum atomic E-state index is -4.84. The molecule has 0 unspecified atom stereocenters. The summed E-state index contributed by atoms with van der Waals surface area (Å²) in [5.74, 6) is -1.65. The number of hydrogen-bond donors (Lipinski definition) is 1. The minimum absolute atomic E-state index is 0.0282. The first kappa shape index (κ1) is 24.5. The first-order valence-corrected chi connectivity index (χ1v) is 10.9. The molecule has 0 radical (unpaired) electrons. The minimum Gasteiger partial charge on any atom is -0.348 e. The van der Waals surface area contributed by atoms with Gasteiger partial charge in [0.15, 0.2) is 5.69 Å². The van der Waals surface area contributed by atoms with Crippen molar-refractivity contribution in [1.29, 1.82) is 0 Å². The number of aryl methyl sites for hydroxylation is 1. The summed E-state index contributed by atoms with van der Waals surface area (Å²) in [6, 6.07) is 11.0. The number of halogens is 5. The summed E-state index contributed by atoms with van der Waals surface area (Å²) in [4.78, 5) is 12.5. The second kappa shape index (κ2) is 9.91. The third-order valence-corrected chi connectivity index (χ3v) is 5.43. The molecule has 2 heterocycles. The van der Waals surface area contributed by atoms with E-state index in [1.807, 2.05) is 25.3 Å². The van der Waals surface area contributed by atoms with E-state index < -0.39 is 29.2 Å². The van der Waals surface area contributed by atoms with Crippen LogP contribution in [0.15, 0.2) is 61.1 Å². The number of nitrogens with one attached hydrogen (secondary N) is 1. The van der Waals surface area contributed by atoms with Gasteiger partial charge in [0.2, 0.25) is 0 Å². The maximum Gasteiger partial charge on any atom is 0.435 e. The summed E-state index contributed by atoms with van der Waals surface area (Å²) in [7, 11) is 0. The molecule has 6 nitrogen and oxygen atoms in total. The third kappa shape index (κ3) is 6.07. The molecule has 2 aromatic heterocycles. The lowest BCUT2D eigenvalue weighted by molar-refractivity contribution is -0.141. The van der Waals surface area contributed by atoms with Gasteiger partial charge in [-0.25, -0.2) is 4.39 Å². The van der Waals surface area contributed by atoms with Crippen molar-refractivity contribution in [2.75, 3.05) is 0 Å². The average Bonchev–Trinajstić information content (AvgIpc) is 3.41. The summed E-state index contributed by atoms with van der Waals surface area (Å²) in [6.07, 6.45) is -0.148. The van der Waals surface area contributed by atoms with Crippen LogP contribution in [0.1, 0.15) is 38.3 Å². The van der Waals surface area contributed by atoms with Crippen LogP contribution in [0.25, 0.3) is 0 Å². The van der Waals surface area contributed by atoms with Gasteiger partial charge >= 0.3 is 6.18 Å². The normalized spacial score (nSPS) is 11.6. The quantitative estimate of drug-likeness (QED) is 0.350. The van der Waals surface area contributed by atoms with Crippen LogP contribution in [-0.2, 0) is 25.8 Å². The summed E-state index contributed by atoms with van der Waals surface area (Å²) in [5, 5.41) is 10.4. The second-order valence-corrected chi connectivity index (χ2v) is 8.47. The molecule has 35 heavy (non-hydrogen) atoms. The first-order chi connectivity index (χ1) is 16.6. The van der Waals surface area contributed by atoms with E-state index in [1.165, 1.54) is 12.1 Å². The number of nitrogens with zero attached hydrogens (tertiary/aromatic N) is 4. The van der Waals surface area contributed by atoms with Crippen molar-refractivity contribution in [2.24, 2.45) is 0 Å². The van der Waals surface area contributed by atoms with Crippen molar-refractivity contribution in [1.82, 2.24) is 24.9 Å². The Labute approximate surface area is 203 Å². The van der Waals surface area contributed by atoms with E-state index >= 15 is 0 Å². The second-order valence-electron chi connectivity index (χ2n) is 8.04. The van der Waals surface area contributed by atoms with Crippen LogP contribution in [0.3, 0.4) is 0 Å². The van der Waals surface area contributed by atoms with Crippen molar-refractivity contribution in [3.05, 3.63) is 105 Å². The van der Waals surface area contributed by atoms with Crippen LogP contribution >= 0.6 is 11.6 Å². The van der Waals surface area contributed by atoms with E-state index in [2.05, 4.69) is 15.5 Å². The van der Waals surface area contributed by atoms with Crippen molar-refractivity contribution < 1.29 is 22.4 Å². The van der Waals surface area contributed by atoms with Crippen molar-refractivity contribution in [3.8, 4) is 0 Å². The lowest BCUT2D eigenvalue weighted by Gasteiger charge is -2.08. The van der Waals surface area contributed by atoms with Gasteiger partial charge in [0.25, 0.3) is 5.91 Å². The number of carbonyl (C=O) groups excluding carboxylic acids is 1. The van der Waals surface area contributed by atoms with Crippen LogP contribution in [0.4, 0.5) is 17.6 Å². The SMILES string of the molecule is Cc1cnn(Cc2ccc(Cn3cc(C(=O)NCc4cc(Cl)ccc4F)c(C(F)(F)F)n3)cc2)c1. The third-order valence-electron chi connectivity index (χ3n) is 5.20. The topological polar surface area (TPSA) is 64.7 Å². The Balaban J connectivity index is 1.48. The zero-order valence-corrected chi connectivity index (χ0v) is 19.2. The number of alkyl halides is 3. The van der Waals surface area contributed by atoms with Gasteiger partial charge in [-0.1, -0.05) is 35.9 Å². The van der Waals surface area contributed by atoms with Gasteiger partial charge in [-0.2, -0.15) is 23.4 Å². The summed E-state index contributed by atoms with van der Waals surface area (Å²) in [5.41, 5.74) is 0.810. The van der Waals surface area contributed by atoms with E-state index in [0.29, 0.717) is 12.1 Å². The number of amides is 1. The molecule has 1 amide bonds. The van der Waals surface area contributed by atoms with Gasteiger partial charge < -0.3 is 5.32 Å². The van der Waals surface area contributed by atoms with E-state index in [0.717, 1.165) is 28.1 Å². The molecule has 0 fully saturated rings. The van der Waals surface area contributed by atoms with Crippen molar-refractivity contribution in [3.63, 3.8) is 0 Å². The molecule has 0 aliphatic heterocycles. The van der Waals surface area contributed by atoms with Gasteiger partial charge in [-0.15, -0.1) is 0 Å². The Hall–Kier alpha value is -3.66. The Morgan fingerprint density at radius 2 is 1.69 bits per heavy atom. The Kier molecular flexibility index (Phi) is 6.93.